The number of fused-ring (bicyclic) bond motifs is 2. The summed E-state index contributed by atoms with van der Waals surface area (Å²) >= 11 is 0. The zero-order chi connectivity index (χ0) is 21.3. The van der Waals surface area contributed by atoms with Crippen LogP contribution in [0.1, 0.15) is 55.3 Å². The van der Waals surface area contributed by atoms with Crippen molar-refractivity contribution in [2.75, 3.05) is 13.2 Å². The van der Waals surface area contributed by atoms with E-state index in [2.05, 4.69) is 10.4 Å². The van der Waals surface area contributed by atoms with Crippen LogP contribution in [0.5, 0.6) is 11.5 Å². The van der Waals surface area contributed by atoms with Crippen LogP contribution >= 0.6 is 0 Å². The van der Waals surface area contributed by atoms with E-state index in [0.29, 0.717) is 35.5 Å². The van der Waals surface area contributed by atoms with Gasteiger partial charge in [0, 0.05) is 11.8 Å². The number of ether oxygens (including phenoxy) is 2. The monoisotopic (exact) mass is 407 g/mol. The first-order chi connectivity index (χ1) is 14.5. The first-order valence-electron chi connectivity index (χ1n) is 10.2. The van der Waals surface area contributed by atoms with E-state index < -0.39 is 0 Å². The van der Waals surface area contributed by atoms with E-state index >= 15 is 0 Å². The number of hydrogen-bond donors (Lipinski definition) is 1. The number of aromatic nitrogens is 2. The predicted octanol–water partition coefficient (Wildman–Crippen LogP) is 3.63. The molecule has 7 nitrogen and oxygen atoms in total. The van der Waals surface area contributed by atoms with Gasteiger partial charge in [-0.2, -0.15) is 5.10 Å². The number of carbonyl (C=O) groups is 1. The van der Waals surface area contributed by atoms with Gasteiger partial charge >= 0.3 is 0 Å². The van der Waals surface area contributed by atoms with Crippen molar-refractivity contribution in [1.82, 2.24) is 15.1 Å². The number of carbonyl (C=O) groups excluding carboxylic acids is 1. The average molecular weight is 407 g/mol. The van der Waals surface area contributed by atoms with Gasteiger partial charge in [-0.1, -0.05) is 24.3 Å². The van der Waals surface area contributed by atoms with E-state index in [-0.39, 0.29) is 29.2 Å². The van der Waals surface area contributed by atoms with E-state index in [1.807, 2.05) is 39.0 Å². The molecule has 0 fully saturated rings. The van der Waals surface area contributed by atoms with E-state index in [1.165, 1.54) is 4.68 Å². The molecule has 0 saturated carbocycles. The minimum atomic E-state index is -0.333. The minimum absolute atomic E-state index is 0.159. The molecule has 1 atom stereocenters. The first-order valence-corrected chi connectivity index (χ1v) is 10.2. The molecule has 7 heteroatoms. The standard InChI is InChI=1S/C23H25N3O4/c1-14(2)26-23(28)18-8-5-4-7-17(18)21(25-26)22(27)24-15(3)16-9-10-19-20(13-16)30-12-6-11-29-19/h4-5,7-10,13-15H,6,11-12H2,1-3H3,(H,24,27). The van der Waals surface area contributed by atoms with E-state index in [0.717, 1.165) is 12.0 Å². The summed E-state index contributed by atoms with van der Waals surface area (Å²) in [6.07, 6.45) is 0.834. The summed E-state index contributed by atoms with van der Waals surface area (Å²) in [5.74, 6) is 1.06. The zero-order valence-electron chi connectivity index (χ0n) is 17.3. The Hall–Kier alpha value is -3.35. The lowest BCUT2D eigenvalue weighted by atomic mass is 10.1. The summed E-state index contributed by atoms with van der Waals surface area (Å²) in [4.78, 5) is 25.8. The number of nitrogens with zero attached hydrogens (tertiary/aromatic N) is 2. The van der Waals surface area contributed by atoms with E-state index in [9.17, 15) is 9.59 Å². The minimum Gasteiger partial charge on any atom is -0.490 e. The molecule has 1 aliphatic heterocycles. The highest BCUT2D eigenvalue weighted by molar-refractivity contribution is 6.04. The van der Waals surface area contributed by atoms with Gasteiger partial charge in [-0.3, -0.25) is 9.59 Å². The van der Waals surface area contributed by atoms with Crippen LogP contribution in [0.2, 0.25) is 0 Å². The van der Waals surface area contributed by atoms with Crippen LogP contribution in [0.25, 0.3) is 10.8 Å². The Morgan fingerprint density at radius 2 is 1.73 bits per heavy atom. The highest BCUT2D eigenvalue weighted by Gasteiger charge is 2.21. The van der Waals surface area contributed by atoms with Crippen molar-refractivity contribution in [3.05, 3.63) is 64.1 Å². The molecule has 0 aliphatic carbocycles. The molecular formula is C23H25N3O4. The lowest BCUT2D eigenvalue weighted by Crippen LogP contribution is -2.32. The Bertz CT molecular complexity index is 1150. The smallest absolute Gasteiger partial charge is 0.274 e. The fourth-order valence-electron chi connectivity index (χ4n) is 3.52. The first kappa shape index (κ1) is 19.9. The summed E-state index contributed by atoms with van der Waals surface area (Å²) < 4.78 is 12.8. The SMILES string of the molecule is CC(NC(=O)c1nn(C(C)C)c(=O)c2ccccc12)c1ccc2c(c1)OCCCO2. The van der Waals surface area contributed by atoms with Gasteiger partial charge < -0.3 is 14.8 Å². The van der Waals surface area contributed by atoms with E-state index in [4.69, 9.17) is 9.47 Å². The van der Waals surface area contributed by atoms with Crippen molar-refractivity contribution >= 4 is 16.7 Å². The second-order valence-corrected chi connectivity index (χ2v) is 7.69. The Morgan fingerprint density at radius 3 is 2.47 bits per heavy atom. The molecule has 4 rings (SSSR count). The van der Waals surface area contributed by atoms with Crippen molar-refractivity contribution < 1.29 is 14.3 Å². The number of hydrogen-bond acceptors (Lipinski definition) is 5. The summed E-state index contributed by atoms with van der Waals surface area (Å²) in [6.45, 7) is 6.86. The zero-order valence-corrected chi connectivity index (χ0v) is 17.3. The largest absolute Gasteiger partial charge is 0.490 e. The van der Waals surface area contributed by atoms with Gasteiger partial charge in [0.25, 0.3) is 11.5 Å². The van der Waals surface area contributed by atoms with Crippen LogP contribution in [-0.2, 0) is 0 Å². The molecule has 1 aromatic heterocycles. The van der Waals surface area contributed by atoms with Gasteiger partial charge in [-0.05, 0) is 44.5 Å². The lowest BCUT2D eigenvalue weighted by Gasteiger charge is -2.18. The van der Waals surface area contributed by atoms with Crippen molar-refractivity contribution in [2.24, 2.45) is 0 Å². The number of benzene rings is 2. The van der Waals surface area contributed by atoms with Gasteiger partial charge in [0.15, 0.2) is 17.2 Å². The van der Waals surface area contributed by atoms with Gasteiger partial charge in [0.05, 0.1) is 30.7 Å². The van der Waals surface area contributed by atoms with Gasteiger partial charge in [0.1, 0.15) is 0 Å². The number of rotatable bonds is 4. The topological polar surface area (TPSA) is 82.5 Å². The molecule has 1 amide bonds. The molecule has 2 aromatic carbocycles. The van der Waals surface area contributed by atoms with Crippen LogP contribution in [0.4, 0.5) is 0 Å². The quantitative estimate of drug-likeness (QED) is 0.714. The molecule has 0 radical (unpaired) electrons. The third-order valence-electron chi connectivity index (χ3n) is 5.15. The Kier molecular flexibility index (Phi) is 5.44. The molecule has 3 aromatic rings. The summed E-state index contributed by atoms with van der Waals surface area (Å²) in [5, 5.41) is 8.40. The maximum atomic E-state index is 13.1. The number of amides is 1. The Balaban J connectivity index is 1.66. The van der Waals surface area contributed by atoms with Crippen molar-refractivity contribution in [2.45, 2.75) is 39.3 Å². The fraction of sp³-hybridized carbons (Fsp3) is 0.348. The molecule has 1 unspecified atom stereocenters. The molecule has 2 heterocycles. The fourth-order valence-corrected chi connectivity index (χ4v) is 3.52. The third-order valence-corrected chi connectivity index (χ3v) is 5.15. The van der Waals surface area contributed by atoms with Gasteiger partial charge in [-0.25, -0.2) is 4.68 Å². The van der Waals surface area contributed by atoms with Crippen LogP contribution in [0.15, 0.2) is 47.3 Å². The normalized spacial score (nSPS) is 14.4. The molecule has 0 spiro atoms. The Morgan fingerprint density at radius 1 is 1.03 bits per heavy atom. The summed E-state index contributed by atoms with van der Waals surface area (Å²) in [5.41, 5.74) is 0.933. The number of nitrogens with one attached hydrogen (secondary N) is 1. The van der Waals surface area contributed by atoms with E-state index in [1.54, 1.807) is 24.3 Å². The molecule has 30 heavy (non-hydrogen) atoms. The maximum absolute atomic E-state index is 13.1. The van der Waals surface area contributed by atoms with Crippen molar-refractivity contribution in [1.29, 1.82) is 0 Å². The van der Waals surface area contributed by atoms with Crippen LogP contribution in [-0.4, -0.2) is 28.9 Å². The van der Waals surface area contributed by atoms with Crippen molar-refractivity contribution in [3.8, 4) is 11.5 Å². The molecule has 156 valence electrons. The maximum Gasteiger partial charge on any atom is 0.274 e. The van der Waals surface area contributed by atoms with Crippen LogP contribution in [0, 0.1) is 0 Å². The third kappa shape index (κ3) is 3.75. The Labute approximate surface area is 174 Å². The van der Waals surface area contributed by atoms with Gasteiger partial charge in [-0.15, -0.1) is 0 Å². The van der Waals surface area contributed by atoms with Crippen LogP contribution in [0.3, 0.4) is 0 Å². The molecule has 0 bridgehead atoms. The molecular weight excluding hydrogens is 382 g/mol. The predicted molar refractivity (Wildman–Crippen MR) is 114 cm³/mol. The average Bonchev–Trinajstić information content (AvgIpc) is 2.98. The lowest BCUT2D eigenvalue weighted by molar-refractivity contribution is 0.0934. The summed E-state index contributed by atoms with van der Waals surface area (Å²) in [7, 11) is 0. The summed E-state index contributed by atoms with van der Waals surface area (Å²) in [6, 6.07) is 12.3. The second kappa shape index (κ2) is 8.18. The molecule has 0 saturated heterocycles. The molecule has 1 N–H and O–H groups in total. The molecule has 1 aliphatic rings. The highest BCUT2D eigenvalue weighted by Crippen LogP contribution is 2.32. The second-order valence-electron chi connectivity index (χ2n) is 7.69. The van der Waals surface area contributed by atoms with Crippen LogP contribution < -0.4 is 20.3 Å². The van der Waals surface area contributed by atoms with Gasteiger partial charge in [0.2, 0.25) is 0 Å². The highest BCUT2D eigenvalue weighted by atomic mass is 16.5. The van der Waals surface area contributed by atoms with Crippen molar-refractivity contribution in [3.63, 3.8) is 0 Å².